The summed E-state index contributed by atoms with van der Waals surface area (Å²) < 4.78 is 69.0. The van der Waals surface area contributed by atoms with Crippen molar-refractivity contribution in [3.63, 3.8) is 0 Å². The number of phosphoric acid groups is 2. The zero-order valence-corrected chi connectivity index (χ0v) is 73.3. The van der Waals surface area contributed by atoms with Crippen LogP contribution in [-0.2, 0) is 65.4 Å². The highest BCUT2D eigenvalue weighted by atomic mass is 31.2. The van der Waals surface area contributed by atoms with Gasteiger partial charge in [-0.05, 0) is 49.4 Å². The van der Waals surface area contributed by atoms with E-state index >= 15 is 0 Å². The van der Waals surface area contributed by atoms with Gasteiger partial charge < -0.3 is 33.8 Å². The Morgan fingerprint density at radius 2 is 0.444 bits per heavy atom. The number of carbonyl (C=O) groups excluding carboxylic acids is 4. The first-order chi connectivity index (χ1) is 52.2. The molecule has 8 atom stereocenters. The average Bonchev–Trinajstić information content (AvgIpc) is 0.899. The normalized spacial score (nSPS) is 14.6. The minimum atomic E-state index is -4.97. The number of ether oxygens (including phenoxy) is 4. The minimum Gasteiger partial charge on any atom is -0.462 e. The van der Waals surface area contributed by atoms with Crippen molar-refractivity contribution in [1.82, 2.24) is 0 Å². The number of aliphatic hydroxyl groups is 1. The van der Waals surface area contributed by atoms with Crippen LogP contribution in [0.3, 0.4) is 0 Å². The van der Waals surface area contributed by atoms with E-state index in [9.17, 15) is 43.2 Å². The number of carbonyl (C=O) groups is 4. The molecule has 0 saturated heterocycles. The van der Waals surface area contributed by atoms with Crippen molar-refractivity contribution in [2.24, 2.45) is 23.7 Å². The highest BCUT2D eigenvalue weighted by molar-refractivity contribution is 7.47. The first-order valence-corrected chi connectivity index (χ1v) is 48.8. The Kier molecular flexibility index (Phi) is 76.2. The summed E-state index contributed by atoms with van der Waals surface area (Å²) in [6, 6.07) is 0. The lowest BCUT2D eigenvalue weighted by Gasteiger charge is -2.21. The van der Waals surface area contributed by atoms with Gasteiger partial charge in [-0.15, -0.1) is 0 Å². The van der Waals surface area contributed by atoms with Gasteiger partial charge in [0, 0.05) is 25.7 Å². The van der Waals surface area contributed by atoms with Crippen LogP contribution in [-0.4, -0.2) is 96.7 Å². The molecule has 0 heterocycles. The molecular formula is C89H174O17P2. The number of hydrogen-bond donors (Lipinski definition) is 3. The number of esters is 4. The quantitative estimate of drug-likeness (QED) is 0.0222. The second-order valence-electron chi connectivity index (χ2n) is 33.2. The molecule has 0 radical (unpaired) electrons. The summed E-state index contributed by atoms with van der Waals surface area (Å²) >= 11 is 0. The fourth-order valence-corrected chi connectivity index (χ4v) is 15.3. The van der Waals surface area contributed by atoms with Crippen molar-refractivity contribution in [2.45, 2.75) is 485 Å². The largest absolute Gasteiger partial charge is 0.472 e. The first-order valence-electron chi connectivity index (χ1n) is 45.8. The third kappa shape index (κ3) is 78.0. The zero-order chi connectivity index (χ0) is 79.5. The average molecular weight is 1580 g/mol. The maximum absolute atomic E-state index is 13.2. The summed E-state index contributed by atoms with van der Waals surface area (Å²) in [7, 11) is -9.93. The molecule has 17 nitrogen and oxygen atoms in total. The standard InChI is InChI=1S/C89H174O17P2/c1-9-80(6)66-58-50-42-36-30-24-20-16-12-14-18-22-26-32-39-45-55-63-71-88(93)105-84(75-99-86(91)69-61-53-44-38-34-28-29-35-41-49-57-65-79(4)5)77-103-107(95,96)101-73-83(90)74-102-108(97,98)104-78-85(76-100-87(92)70-62-54-48-47-52-60-68-82(8)11-3)106-89(94)72-64-56-46-40-33-27-23-19-15-13-17-21-25-31-37-43-51-59-67-81(7)10-2/h79-85,90H,9-78H2,1-8H3,(H,95,96)(H,97,98)/t80?,81?,82?,83-,84-,85-/m1/s1. The Bertz CT molecular complexity index is 2100. The summed E-state index contributed by atoms with van der Waals surface area (Å²) in [5.74, 6) is 1.14. The second-order valence-corrected chi connectivity index (χ2v) is 36.1. The van der Waals surface area contributed by atoms with Crippen LogP contribution in [0, 0.1) is 23.7 Å². The van der Waals surface area contributed by atoms with Gasteiger partial charge in [0.05, 0.1) is 26.4 Å². The van der Waals surface area contributed by atoms with Crippen LogP contribution in [0.2, 0.25) is 0 Å². The van der Waals surface area contributed by atoms with E-state index in [4.69, 9.17) is 37.0 Å². The topological polar surface area (TPSA) is 237 Å². The highest BCUT2D eigenvalue weighted by Crippen LogP contribution is 2.45. The van der Waals surface area contributed by atoms with Gasteiger partial charge in [0.1, 0.15) is 19.3 Å². The van der Waals surface area contributed by atoms with Crippen molar-refractivity contribution in [1.29, 1.82) is 0 Å². The number of unbranched alkanes of at least 4 members (excludes halogenated alkanes) is 49. The lowest BCUT2D eigenvalue weighted by molar-refractivity contribution is -0.161. The molecule has 0 saturated carbocycles. The van der Waals surface area contributed by atoms with E-state index in [1.165, 1.54) is 263 Å². The fourth-order valence-electron chi connectivity index (χ4n) is 13.8. The summed E-state index contributed by atoms with van der Waals surface area (Å²) in [6.45, 7) is 14.4. The van der Waals surface area contributed by atoms with Crippen molar-refractivity contribution < 1.29 is 80.2 Å². The van der Waals surface area contributed by atoms with E-state index in [0.717, 1.165) is 120 Å². The Morgan fingerprint density at radius 1 is 0.259 bits per heavy atom. The molecule has 0 bridgehead atoms. The van der Waals surface area contributed by atoms with Crippen molar-refractivity contribution in [3.05, 3.63) is 0 Å². The van der Waals surface area contributed by atoms with Crippen LogP contribution in [0.25, 0.3) is 0 Å². The third-order valence-corrected chi connectivity index (χ3v) is 23.8. The van der Waals surface area contributed by atoms with Crippen molar-refractivity contribution >= 4 is 39.5 Å². The van der Waals surface area contributed by atoms with E-state index in [1.807, 2.05) is 0 Å². The molecule has 0 spiro atoms. The van der Waals surface area contributed by atoms with Gasteiger partial charge >= 0.3 is 39.5 Å². The summed E-state index contributed by atoms with van der Waals surface area (Å²) in [4.78, 5) is 73.3. The molecule has 642 valence electrons. The maximum atomic E-state index is 13.2. The Balaban J connectivity index is 5.19. The SMILES string of the molecule is CCC(C)CCCCCCCCCCCCCCCCCCCCC(=O)O[C@H](COC(=O)CCCCCCCCCCCCCC(C)C)COP(=O)(O)OC[C@@H](O)COP(=O)(O)OC[C@@H](COC(=O)CCCCCCCCC(C)CC)OC(=O)CCCCCCCCCCCCCCCCCCCCC(C)CC. The van der Waals surface area contributed by atoms with Crippen LogP contribution in [0.15, 0.2) is 0 Å². The van der Waals surface area contributed by atoms with Gasteiger partial charge in [-0.1, -0.05) is 415 Å². The smallest absolute Gasteiger partial charge is 0.462 e. The van der Waals surface area contributed by atoms with E-state index in [1.54, 1.807) is 0 Å². The van der Waals surface area contributed by atoms with Gasteiger partial charge in [0.25, 0.3) is 0 Å². The molecule has 0 aromatic heterocycles. The lowest BCUT2D eigenvalue weighted by Crippen LogP contribution is -2.30. The van der Waals surface area contributed by atoms with Gasteiger partial charge in [0.15, 0.2) is 12.2 Å². The summed E-state index contributed by atoms with van der Waals surface area (Å²) in [5, 5.41) is 10.7. The molecule has 0 aromatic carbocycles. The van der Waals surface area contributed by atoms with Crippen molar-refractivity contribution in [2.75, 3.05) is 39.6 Å². The fraction of sp³-hybridized carbons (Fsp3) is 0.955. The van der Waals surface area contributed by atoms with Crippen LogP contribution in [0.5, 0.6) is 0 Å². The van der Waals surface area contributed by atoms with Gasteiger partial charge in [-0.2, -0.15) is 0 Å². The molecule has 108 heavy (non-hydrogen) atoms. The zero-order valence-electron chi connectivity index (χ0n) is 71.5. The van der Waals surface area contributed by atoms with Gasteiger partial charge in [0.2, 0.25) is 0 Å². The third-order valence-electron chi connectivity index (χ3n) is 21.9. The first kappa shape index (κ1) is 106. The number of phosphoric ester groups is 2. The number of aliphatic hydroxyl groups excluding tert-OH is 1. The molecule has 0 fully saturated rings. The molecule has 0 aliphatic rings. The number of hydrogen-bond acceptors (Lipinski definition) is 15. The highest BCUT2D eigenvalue weighted by Gasteiger charge is 2.31. The Hall–Kier alpha value is -1.94. The molecule has 0 aliphatic heterocycles. The summed E-state index contributed by atoms with van der Waals surface area (Å²) in [6.07, 6.45) is 68.1. The molecule has 0 rings (SSSR count). The van der Waals surface area contributed by atoms with Crippen LogP contribution >= 0.6 is 15.6 Å². The minimum absolute atomic E-state index is 0.107. The van der Waals surface area contributed by atoms with E-state index in [2.05, 4.69) is 55.4 Å². The predicted molar refractivity (Wildman–Crippen MR) is 446 cm³/mol. The van der Waals surface area contributed by atoms with Crippen molar-refractivity contribution in [3.8, 4) is 0 Å². The van der Waals surface area contributed by atoms with E-state index in [-0.39, 0.29) is 25.7 Å². The van der Waals surface area contributed by atoms with Crippen LogP contribution < -0.4 is 0 Å². The van der Waals surface area contributed by atoms with E-state index < -0.39 is 97.5 Å². The molecular weight excluding hydrogens is 1400 g/mol. The predicted octanol–water partition coefficient (Wildman–Crippen LogP) is 27.1. The monoisotopic (exact) mass is 1580 g/mol. The Labute approximate surface area is 664 Å². The van der Waals surface area contributed by atoms with Gasteiger partial charge in [-0.3, -0.25) is 37.3 Å². The molecule has 0 amide bonds. The Morgan fingerprint density at radius 3 is 0.657 bits per heavy atom. The molecule has 5 unspecified atom stereocenters. The molecule has 19 heteroatoms. The number of rotatable bonds is 86. The maximum Gasteiger partial charge on any atom is 0.472 e. The van der Waals surface area contributed by atoms with E-state index in [0.29, 0.717) is 25.7 Å². The molecule has 0 aromatic rings. The lowest BCUT2D eigenvalue weighted by atomic mass is 9.99. The molecule has 3 N–H and O–H groups in total. The second kappa shape index (κ2) is 77.6. The van der Waals surface area contributed by atoms with Crippen LogP contribution in [0.4, 0.5) is 0 Å². The van der Waals surface area contributed by atoms with Gasteiger partial charge in [-0.25, -0.2) is 9.13 Å². The summed E-state index contributed by atoms with van der Waals surface area (Å²) in [5.41, 5.74) is 0. The molecule has 0 aliphatic carbocycles. The van der Waals surface area contributed by atoms with Crippen LogP contribution in [0.1, 0.15) is 466 Å².